The van der Waals surface area contributed by atoms with Crippen molar-refractivity contribution in [3.63, 3.8) is 0 Å². The van der Waals surface area contributed by atoms with E-state index in [0.717, 1.165) is 18.9 Å². The fourth-order valence-corrected chi connectivity index (χ4v) is 3.10. The van der Waals surface area contributed by atoms with E-state index in [0.29, 0.717) is 35.0 Å². The number of hydrogen-bond donors (Lipinski definition) is 3. The monoisotopic (exact) mass is 489 g/mol. The molecule has 1 aromatic heterocycles. The van der Waals surface area contributed by atoms with Gasteiger partial charge in [-0.25, -0.2) is 19.2 Å². The minimum Gasteiger partial charge on any atom is -0.439 e. The summed E-state index contributed by atoms with van der Waals surface area (Å²) in [5, 5.41) is 7.46. The van der Waals surface area contributed by atoms with Crippen molar-refractivity contribution in [3.05, 3.63) is 65.7 Å². The van der Waals surface area contributed by atoms with Gasteiger partial charge in [0.15, 0.2) is 0 Å². The fourth-order valence-electron chi connectivity index (χ4n) is 3.10. The Morgan fingerprint density at radius 2 is 1.77 bits per heavy atom. The Morgan fingerprint density at radius 1 is 1.00 bits per heavy atom. The molecule has 2 aromatic carbocycles. The van der Waals surface area contributed by atoms with Gasteiger partial charge < -0.3 is 20.7 Å². The van der Waals surface area contributed by atoms with Crippen LogP contribution in [0, 0.1) is 18.7 Å². The summed E-state index contributed by atoms with van der Waals surface area (Å²) >= 11 is 0. The van der Waals surface area contributed by atoms with E-state index in [4.69, 9.17) is 4.74 Å². The van der Waals surface area contributed by atoms with Crippen LogP contribution in [0.15, 0.2) is 48.8 Å². The number of benzene rings is 2. The summed E-state index contributed by atoms with van der Waals surface area (Å²) in [6.07, 6.45) is -1.92. The number of amides is 3. The van der Waals surface area contributed by atoms with Gasteiger partial charge in [-0.05, 0) is 61.7 Å². The number of urea groups is 1. The third kappa shape index (κ3) is 6.22. The molecule has 1 heterocycles. The molecule has 1 saturated carbocycles. The summed E-state index contributed by atoms with van der Waals surface area (Å²) in [6, 6.07) is 7.53. The van der Waals surface area contributed by atoms with E-state index in [1.165, 1.54) is 18.5 Å². The van der Waals surface area contributed by atoms with Crippen molar-refractivity contribution >= 4 is 29.1 Å². The summed E-state index contributed by atoms with van der Waals surface area (Å²) in [6.45, 7) is 1.68. The molecule has 1 aliphatic rings. The van der Waals surface area contributed by atoms with E-state index < -0.39 is 23.6 Å². The molecule has 8 nitrogen and oxygen atoms in total. The zero-order chi connectivity index (χ0) is 25.2. The molecule has 3 amide bonds. The van der Waals surface area contributed by atoms with Crippen LogP contribution in [0.2, 0.25) is 0 Å². The largest absolute Gasteiger partial charge is 0.439 e. The quantitative estimate of drug-likeness (QED) is 0.384. The van der Waals surface area contributed by atoms with Gasteiger partial charge in [0.05, 0.1) is 5.56 Å². The highest BCUT2D eigenvalue weighted by molar-refractivity contribution is 6.00. The molecular weight excluding hydrogens is 470 g/mol. The number of aromatic nitrogens is 2. The van der Waals surface area contributed by atoms with Gasteiger partial charge in [-0.3, -0.25) is 4.79 Å². The third-order valence-electron chi connectivity index (χ3n) is 5.04. The molecule has 0 saturated heterocycles. The van der Waals surface area contributed by atoms with Gasteiger partial charge in [0.25, 0.3) is 0 Å². The maximum atomic E-state index is 13.4. The second kappa shape index (κ2) is 9.57. The normalized spacial score (nSPS) is 13.2. The van der Waals surface area contributed by atoms with E-state index in [1.807, 2.05) is 0 Å². The number of hydrogen-bond acceptors (Lipinski definition) is 5. The lowest BCUT2D eigenvalue weighted by molar-refractivity contribution is -0.139. The molecule has 4 rings (SSSR count). The van der Waals surface area contributed by atoms with Crippen LogP contribution in [0.25, 0.3) is 0 Å². The summed E-state index contributed by atoms with van der Waals surface area (Å²) in [5.41, 5.74) is -0.743. The Balaban J connectivity index is 1.39. The lowest BCUT2D eigenvalue weighted by atomic mass is 10.2. The Labute approximate surface area is 196 Å². The molecule has 3 N–H and O–H groups in total. The highest BCUT2D eigenvalue weighted by atomic mass is 19.4. The first kappa shape index (κ1) is 23.9. The number of carbonyl (C=O) groups is 2. The van der Waals surface area contributed by atoms with E-state index in [1.54, 1.807) is 19.1 Å². The second-order valence-electron chi connectivity index (χ2n) is 7.86. The fraction of sp³-hybridized carbons (Fsp3) is 0.217. The van der Waals surface area contributed by atoms with Crippen molar-refractivity contribution in [3.8, 4) is 11.6 Å². The molecule has 35 heavy (non-hydrogen) atoms. The molecule has 0 bridgehead atoms. The highest BCUT2D eigenvalue weighted by Crippen LogP contribution is 2.33. The molecule has 0 radical (unpaired) electrons. The minimum absolute atomic E-state index is 0.0176. The van der Waals surface area contributed by atoms with Crippen LogP contribution in [-0.4, -0.2) is 21.9 Å². The average Bonchev–Trinajstić information content (AvgIpc) is 3.62. The Bertz CT molecular complexity index is 1280. The molecule has 0 aliphatic heterocycles. The maximum absolute atomic E-state index is 13.4. The molecule has 0 atom stereocenters. The topological polar surface area (TPSA) is 105 Å². The number of rotatable bonds is 6. The lowest BCUT2D eigenvalue weighted by Crippen LogP contribution is -2.20. The van der Waals surface area contributed by atoms with Crippen molar-refractivity contribution in [2.75, 3.05) is 16.0 Å². The zero-order valence-electron chi connectivity index (χ0n) is 18.2. The highest BCUT2D eigenvalue weighted by Gasteiger charge is 2.34. The number of nitrogens with one attached hydrogen (secondary N) is 3. The number of halogens is 4. The van der Waals surface area contributed by atoms with Crippen molar-refractivity contribution < 1.29 is 31.9 Å². The predicted octanol–water partition coefficient (Wildman–Crippen LogP) is 5.73. The number of alkyl halides is 3. The van der Waals surface area contributed by atoms with Gasteiger partial charge in [-0.1, -0.05) is 0 Å². The van der Waals surface area contributed by atoms with E-state index in [2.05, 4.69) is 25.9 Å². The van der Waals surface area contributed by atoms with Crippen LogP contribution in [0.5, 0.6) is 11.6 Å². The Morgan fingerprint density at radius 3 is 2.46 bits per heavy atom. The van der Waals surface area contributed by atoms with Gasteiger partial charge in [-0.15, -0.1) is 0 Å². The zero-order valence-corrected chi connectivity index (χ0v) is 18.2. The number of carbonyl (C=O) groups excluding carboxylic acids is 2. The molecule has 3 aromatic rings. The minimum atomic E-state index is -4.89. The number of aryl methyl sites for hydroxylation is 1. The third-order valence-corrected chi connectivity index (χ3v) is 5.04. The maximum Gasteiger partial charge on any atom is 0.419 e. The van der Waals surface area contributed by atoms with E-state index in [9.17, 15) is 27.2 Å². The summed E-state index contributed by atoms with van der Waals surface area (Å²) in [4.78, 5) is 32.1. The number of anilines is 3. The van der Waals surface area contributed by atoms with Gasteiger partial charge >= 0.3 is 12.2 Å². The Hall–Kier alpha value is -4.22. The molecule has 1 fully saturated rings. The smallest absolute Gasteiger partial charge is 0.419 e. The van der Waals surface area contributed by atoms with Gasteiger partial charge in [0.1, 0.15) is 23.7 Å². The lowest BCUT2D eigenvalue weighted by Gasteiger charge is -2.13. The molecule has 0 spiro atoms. The molecule has 182 valence electrons. The number of ether oxygens (including phenoxy) is 1. The SMILES string of the molecule is Cc1cc(Oc2cc(NC(=O)C3CC3)ncn2)ccc1NC(=O)Nc1ccc(F)c(C(F)(F)F)c1. The molecule has 0 unspecified atom stereocenters. The first-order valence-electron chi connectivity index (χ1n) is 10.4. The Kier molecular flexibility index (Phi) is 6.54. The molecule has 1 aliphatic carbocycles. The summed E-state index contributed by atoms with van der Waals surface area (Å²) in [7, 11) is 0. The second-order valence-corrected chi connectivity index (χ2v) is 7.86. The van der Waals surface area contributed by atoms with Gasteiger partial charge in [0.2, 0.25) is 11.8 Å². The average molecular weight is 489 g/mol. The van der Waals surface area contributed by atoms with Crippen molar-refractivity contribution in [1.29, 1.82) is 0 Å². The van der Waals surface area contributed by atoms with Crippen LogP contribution in [0.4, 0.5) is 39.5 Å². The van der Waals surface area contributed by atoms with E-state index >= 15 is 0 Å². The first-order valence-corrected chi connectivity index (χ1v) is 10.4. The predicted molar refractivity (Wildman–Crippen MR) is 119 cm³/mol. The summed E-state index contributed by atoms with van der Waals surface area (Å²) < 4.78 is 57.7. The van der Waals surface area contributed by atoms with Crippen LogP contribution in [0.1, 0.15) is 24.0 Å². The van der Waals surface area contributed by atoms with Crippen LogP contribution < -0.4 is 20.7 Å². The van der Waals surface area contributed by atoms with Crippen LogP contribution >= 0.6 is 0 Å². The number of nitrogens with zero attached hydrogens (tertiary/aromatic N) is 2. The standard InChI is InChI=1S/C23H19F4N5O3/c1-12-8-15(35-20-10-19(28-11-29-20)32-21(33)13-2-3-13)5-7-18(12)31-22(34)30-14-4-6-17(24)16(9-14)23(25,26)27/h4-11,13H,2-3H2,1H3,(H2,30,31,34)(H,28,29,32,33). The van der Waals surface area contributed by atoms with Crippen molar-refractivity contribution in [2.24, 2.45) is 5.92 Å². The first-order chi connectivity index (χ1) is 16.6. The molecule has 12 heteroatoms. The molecular formula is C23H19F4N5O3. The van der Waals surface area contributed by atoms with Crippen LogP contribution in [0.3, 0.4) is 0 Å². The van der Waals surface area contributed by atoms with Gasteiger partial charge in [-0.2, -0.15) is 13.2 Å². The van der Waals surface area contributed by atoms with E-state index in [-0.39, 0.29) is 23.4 Å². The van der Waals surface area contributed by atoms with Crippen LogP contribution in [-0.2, 0) is 11.0 Å². The van der Waals surface area contributed by atoms with Crippen molar-refractivity contribution in [2.45, 2.75) is 25.9 Å². The van der Waals surface area contributed by atoms with Gasteiger partial charge in [0, 0.05) is 23.4 Å². The summed E-state index contributed by atoms with van der Waals surface area (Å²) in [5.74, 6) is -0.622. The van der Waals surface area contributed by atoms with Crippen molar-refractivity contribution in [1.82, 2.24) is 9.97 Å².